The molecule has 3 aliphatic carbocycles. The van der Waals surface area contributed by atoms with Crippen LogP contribution in [0.1, 0.15) is 65.1 Å². The van der Waals surface area contributed by atoms with Gasteiger partial charge < -0.3 is 25.4 Å². The van der Waals surface area contributed by atoms with E-state index in [0.29, 0.717) is 62.1 Å². The first-order valence-electron chi connectivity index (χ1n) is 13.5. The van der Waals surface area contributed by atoms with Crippen LogP contribution in [-0.2, 0) is 16.1 Å². The van der Waals surface area contributed by atoms with E-state index >= 15 is 0 Å². The summed E-state index contributed by atoms with van der Waals surface area (Å²) in [5.74, 6) is -2.31. The van der Waals surface area contributed by atoms with Gasteiger partial charge in [-0.25, -0.2) is 13.9 Å². The van der Waals surface area contributed by atoms with Crippen molar-refractivity contribution in [1.29, 1.82) is 0 Å². The standard InChI is InChI=1S/C28H29FN6O6/c1-34-19-10-16(2-3-21(19)41-14-22(34)36)12-30-24(37)18-11-20(35-23(33-18)17(29)13-32-35)25(38)31-15-27-4-7-28(8-5-27,9-6-27)26(39)40/h2-3,10-11,13H,4-9,12,14-15H2,1H3,(H,30,37)(H,31,38)(H,39,40). The summed E-state index contributed by atoms with van der Waals surface area (Å²) in [6.07, 6.45) is 4.78. The zero-order valence-electron chi connectivity index (χ0n) is 22.4. The Morgan fingerprint density at radius 2 is 1.80 bits per heavy atom. The predicted octanol–water partition coefficient (Wildman–Crippen LogP) is 2.31. The third kappa shape index (κ3) is 4.64. The molecule has 3 heterocycles. The van der Waals surface area contributed by atoms with Gasteiger partial charge in [0.05, 0.1) is 17.3 Å². The molecule has 0 saturated heterocycles. The molecular formula is C28H29FN6O6. The Hall–Kier alpha value is -4.55. The largest absolute Gasteiger partial charge is 0.482 e. The van der Waals surface area contributed by atoms with Crippen LogP contribution < -0.4 is 20.3 Å². The summed E-state index contributed by atoms with van der Waals surface area (Å²) < 4.78 is 21.0. The number of hydrogen-bond acceptors (Lipinski definition) is 7. The normalized spacial score (nSPS) is 23.2. The molecule has 0 radical (unpaired) electrons. The number of aromatic nitrogens is 3. The van der Waals surface area contributed by atoms with Crippen LogP contribution >= 0.6 is 0 Å². The molecule has 7 rings (SSSR count). The second kappa shape index (κ2) is 9.82. The van der Waals surface area contributed by atoms with Crippen LogP contribution in [0.4, 0.5) is 10.1 Å². The Balaban J connectivity index is 1.17. The zero-order valence-corrected chi connectivity index (χ0v) is 22.4. The maximum absolute atomic E-state index is 14.5. The van der Waals surface area contributed by atoms with E-state index in [4.69, 9.17) is 4.74 Å². The number of carboxylic acids is 1. The molecule has 0 unspecified atom stereocenters. The number of amides is 3. The topological polar surface area (TPSA) is 155 Å². The lowest BCUT2D eigenvalue weighted by Gasteiger charge is -2.51. The summed E-state index contributed by atoms with van der Waals surface area (Å²) in [6, 6.07) is 6.47. The molecule has 3 N–H and O–H groups in total. The van der Waals surface area contributed by atoms with Crippen LogP contribution in [0.5, 0.6) is 5.75 Å². The molecule has 0 atom stereocenters. The van der Waals surface area contributed by atoms with Gasteiger partial charge >= 0.3 is 5.97 Å². The molecule has 2 aromatic heterocycles. The molecule has 3 fully saturated rings. The number of benzene rings is 1. The predicted molar refractivity (Wildman–Crippen MR) is 142 cm³/mol. The molecule has 3 saturated carbocycles. The van der Waals surface area contributed by atoms with Gasteiger partial charge in [0.2, 0.25) is 0 Å². The molecule has 3 aromatic rings. The second-order valence-electron chi connectivity index (χ2n) is 11.2. The van der Waals surface area contributed by atoms with E-state index < -0.39 is 29.0 Å². The van der Waals surface area contributed by atoms with Gasteiger partial charge in [-0.05, 0) is 61.6 Å². The molecule has 0 spiro atoms. The first-order chi connectivity index (χ1) is 19.6. The maximum atomic E-state index is 14.5. The summed E-state index contributed by atoms with van der Waals surface area (Å²) in [5.41, 5.74) is -0.0208. The molecule has 41 heavy (non-hydrogen) atoms. The second-order valence-corrected chi connectivity index (χ2v) is 11.2. The van der Waals surface area contributed by atoms with Crippen molar-refractivity contribution in [2.45, 2.75) is 45.1 Å². The minimum absolute atomic E-state index is 0.0405. The SMILES string of the molecule is CN1C(=O)COc2ccc(CNC(=O)c3cc(C(=O)NCC45CCC(C(=O)O)(CC4)CC5)n4ncc(F)c4n3)cc21. The van der Waals surface area contributed by atoms with E-state index in [1.165, 1.54) is 11.0 Å². The molecule has 1 aliphatic heterocycles. The van der Waals surface area contributed by atoms with E-state index in [1.54, 1.807) is 25.2 Å². The van der Waals surface area contributed by atoms with Gasteiger partial charge in [-0.1, -0.05) is 6.07 Å². The van der Waals surface area contributed by atoms with Crippen LogP contribution in [0.2, 0.25) is 0 Å². The van der Waals surface area contributed by atoms with Crippen LogP contribution in [0.25, 0.3) is 5.65 Å². The van der Waals surface area contributed by atoms with E-state index in [2.05, 4.69) is 20.7 Å². The highest BCUT2D eigenvalue weighted by molar-refractivity contribution is 5.99. The van der Waals surface area contributed by atoms with Crippen LogP contribution in [0, 0.1) is 16.6 Å². The Kier molecular flexibility index (Phi) is 6.39. The summed E-state index contributed by atoms with van der Waals surface area (Å²) in [7, 11) is 1.64. The molecular weight excluding hydrogens is 535 g/mol. The number of carbonyl (C=O) groups excluding carboxylic acids is 3. The summed E-state index contributed by atoms with van der Waals surface area (Å²) in [6.45, 7) is 0.390. The molecule has 2 bridgehead atoms. The first-order valence-corrected chi connectivity index (χ1v) is 13.5. The average molecular weight is 565 g/mol. The number of ether oxygens (including phenoxy) is 1. The van der Waals surface area contributed by atoms with Gasteiger partial charge in [0.15, 0.2) is 18.1 Å². The highest BCUT2D eigenvalue weighted by Gasteiger charge is 2.52. The van der Waals surface area contributed by atoms with Gasteiger partial charge in [0, 0.05) is 26.2 Å². The molecule has 4 aliphatic rings. The van der Waals surface area contributed by atoms with Crippen molar-refractivity contribution in [3.63, 3.8) is 0 Å². The van der Waals surface area contributed by atoms with Gasteiger partial charge in [0.25, 0.3) is 17.7 Å². The van der Waals surface area contributed by atoms with E-state index in [-0.39, 0.29) is 41.5 Å². The highest BCUT2D eigenvalue weighted by atomic mass is 19.1. The number of halogens is 1. The summed E-state index contributed by atoms with van der Waals surface area (Å²) >= 11 is 0. The Bertz CT molecular complexity index is 1580. The van der Waals surface area contributed by atoms with Gasteiger partial charge in [-0.15, -0.1) is 0 Å². The summed E-state index contributed by atoms with van der Waals surface area (Å²) in [4.78, 5) is 55.7. The number of aliphatic carboxylic acids is 1. The van der Waals surface area contributed by atoms with Crippen molar-refractivity contribution >= 4 is 35.0 Å². The molecule has 3 amide bonds. The number of likely N-dealkylation sites (N-methyl/N-ethyl adjacent to an activating group) is 1. The van der Waals surface area contributed by atoms with E-state index in [9.17, 15) is 28.7 Å². The number of fused-ring (bicyclic) bond motifs is 5. The number of rotatable bonds is 7. The van der Waals surface area contributed by atoms with Gasteiger partial charge in [-0.3, -0.25) is 19.2 Å². The summed E-state index contributed by atoms with van der Waals surface area (Å²) in [5, 5.41) is 19.2. The molecule has 1 aromatic carbocycles. The fourth-order valence-corrected chi connectivity index (χ4v) is 6.12. The maximum Gasteiger partial charge on any atom is 0.309 e. The minimum Gasteiger partial charge on any atom is -0.482 e. The monoisotopic (exact) mass is 564 g/mol. The third-order valence-corrected chi connectivity index (χ3v) is 8.94. The van der Waals surface area contributed by atoms with E-state index in [1.807, 2.05) is 0 Å². The number of anilines is 1. The first kappa shape index (κ1) is 26.7. The lowest BCUT2D eigenvalue weighted by molar-refractivity contribution is -0.158. The quantitative estimate of drug-likeness (QED) is 0.395. The number of nitrogens with zero attached hydrogens (tertiary/aromatic N) is 4. The van der Waals surface area contributed by atoms with E-state index in [0.717, 1.165) is 10.7 Å². The fraction of sp³-hybridized carbons (Fsp3) is 0.429. The number of carbonyl (C=O) groups is 4. The van der Waals surface area contributed by atoms with Crippen molar-refractivity contribution in [3.05, 3.63) is 53.2 Å². The lowest BCUT2D eigenvalue weighted by Crippen LogP contribution is -2.50. The number of nitrogens with one attached hydrogen (secondary N) is 2. The molecule has 214 valence electrons. The molecule has 12 nitrogen and oxygen atoms in total. The smallest absolute Gasteiger partial charge is 0.309 e. The Morgan fingerprint density at radius 1 is 1.07 bits per heavy atom. The number of hydrogen-bond donors (Lipinski definition) is 3. The van der Waals surface area contributed by atoms with Gasteiger partial charge in [-0.2, -0.15) is 5.10 Å². The Morgan fingerprint density at radius 3 is 2.51 bits per heavy atom. The zero-order chi connectivity index (χ0) is 28.9. The third-order valence-electron chi connectivity index (χ3n) is 8.94. The van der Waals surface area contributed by atoms with Crippen LogP contribution in [0.3, 0.4) is 0 Å². The van der Waals surface area contributed by atoms with Gasteiger partial charge in [0.1, 0.15) is 17.1 Å². The van der Waals surface area contributed by atoms with Crippen molar-refractivity contribution < 1.29 is 33.4 Å². The molecule has 13 heteroatoms. The van der Waals surface area contributed by atoms with Crippen molar-refractivity contribution in [2.75, 3.05) is 25.1 Å². The highest BCUT2D eigenvalue weighted by Crippen LogP contribution is 2.56. The van der Waals surface area contributed by atoms with Crippen molar-refractivity contribution in [1.82, 2.24) is 25.2 Å². The fourth-order valence-electron chi connectivity index (χ4n) is 6.12. The minimum atomic E-state index is -0.778. The lowest BCUT2D eigenvalue weighted by atomic mass is 9.53. The van der Waals surface area contributed by atoms with Crippen LogP contribution in [0.15, 0.2) is 30.5 Å². The van der Waals surface area contributed by atoms with Crippen molar-refractivity contribution in [3.8, 4) is 5.75 Å². The van der Waals surface area contributed by atoms with Crippen molar-refractivity contribution in [2.24, 2.45) is 10.8 Å². The Labute approximate surface area is 233 Å². The number of carboxylic acid groups (broad SMARTS) is 1. The average Bonchev–Trinajstić information content (AvgIpc) is 3.37. The van der Waals surface area contributed by atoms with Crippen LogP contribution in [-0.4, -0.2) is 63.6 Å².